The van der Waals surface area contributed by atoms with Gasteiger partial charge in [0.1, 0.15) is 0 Å². The summed E-state index contributed by atoms with van der Waals surface area (Å²) in [6, 6.07) is 3.40. The van der Waals surface area contributed by atoms with E-state index >= 15 is 0 Å². The van der Waals surface area contributed by atoms with E-state index in [4.69, 9.17) is 17.3 Å². The topological polar surface area (TPSA) is 26.0 Å². The summed E-state index contributed by atoms with van der Waals surface area (Å²) < 4.78 is 37.2. The van der Waals surface area contributed by atoms with Crippen LogP contribution in [0.15, 0.2) is 18.2 Å². The molecule has 0 saturated carbocycles. The second-order valence-corrected chi connectivity index (χ2v) is 4.04. The molecule has 1 aromatic carbocycles. The first kappa shape index (κ1) is 13.3. The lowest BCUT2D eigenvalue weighted by molar-refractivity contribution is -0.137. The van der Waals surface area contributed by atoms with Crippen molar-refractivity contribution in [2.75, 3.05) is 0 Å². The second kappa shape index (κ2) is 5.06. The molecule has 0 heterocycles. The van der Waals surface area contributed by atoms with Gasteiger partial charge in [0.2, 0.25) is 0 Å². The summed E-state index contributed by atoms with van der Waals surface area (Å²) in [6.45, 7) is 1.96. The van der Waals surface area contributed by atoms with E-state index in [9.17, 15) is 13.2 Å². The summed E-state index contributed by atoms with van der Waals surface area (Å²) in [5.74, 6) is 0. The van der Waals surface area contributed by atoms with Gasteiger partial charge in [-0.15, -0.1) is 0 Å². The molecule has 0 amide bonds. The van der Waals surface area contributed by atoms with Crippen molar-refractivity contribution in [1.29, 1.82) is 0 Å². The summed E-state index contributed by atoms with van der Waals surface area (Å²) >= 11 is 5.58. The Morgan fingerprint density at radius 3 is 2.44 bits per heavy atom. The molecule has 16 heavy (non-hydrogen) atoms. The molecule has 0 radical (unpaired) electrons. The van der Waals surface area contributed by atoms with Crippen molar-refractivity contribution in [1.82, 2.24) is 0 Å². The number of halogens is 4. The fraction of sp³-hybridized carbons (Fsp3) is 0.455. The summed E-state index contributed by atoms with van der Waals surface area (Å²) in [5.41, 5.74) is 5.61. The van der Waals surface area contributed by atoms with Crippen molar-refractivity contribution in [3.8, 4) is 0 Å². The highest BCUT2D eigenvalue weighted by molar-refractivity contribution is 6.31. The first-order valence-corrected chi connectivity index (χ1v) is 5.36. The zero-order valence-electron chi connectivity index (χ0n) is 8.81. The van der Waals surface area contributed by atoms with E-state index in [0.29, 0.717) is 5.56 Å². The predicted molar refractivity (Wildman–Crippen MR) is 58.3 cm³/mol. The van der Waals surface area contributed by atoms with E-state index < -0.39 is 11.7 Å². The predicted octanol–water partition coefficient (Wildman–Crippen LogP) is 4.16. The highest BCUT2D eigenvalue weighted by atomic mass is 35.5. The number of nitrogens with two attached hydrogens (primary N) is 1. The third kappa shape index (κ3) is 3.12. The maximum atomic E-state index is 12.4. The third-order valence-electron chi connectivity index (χ3n) is 2.33. The van der Waals surface area contributed by atoms with Gasteiger partial charge in [-0.05, 0) is 24.1 Å². The molecule has 1 rings (SSSR count). The lowest BCUT2D eigenvalue weighted by Gasteiger charge is -2.14. The molecule has 1 nitrogen and oxygen atoms in total. The van der Waals surface area contributed by atoms with E-state index in [1.807, 2.05) is 6.92 Å². The van der Waals surface area contributed by atoms with Gasteiger partial charge >= 0.3 is 6.18 Å². The van der Waals surface area contributed by atoms with Gasteiger partial charge in [0, 0.05) is 6.04 Å². The zero-order chi connectivity index (χ0) is 12.3. The van der Waals surface area contributed by atoms with Gasteiger partial charge in [-0.1, -0.05) is 31.0 Å². The van der Waals surface area contributed by atoms with E-state index in [1.165, 1.54) is 12.1 Å². The normalized spacial score (nSPS) is 13.9. The van der Waals surface area contributed by atoms with E-state index in [0.717, 1.165) is 18.9 Å². The minimum atomic E-state index is -4.41. The summed E-state index contributed by atoms with van der Waals surface area (Å²) in [7, 11) is 0. The molecule has 0 saturated heterocycles. The molecule has 1 aromatic rings. The van der Waals surface area contributed by atoms with Crippen LogP contribution >= 0.6 is 11.6 Å². The number of hydrogen-bond acceptors (Lipinski definition) is 1. The van der Waals surface area contributed by atoms with Gasteiger partial charge in [-0.25, -0.2) is 0 Å². The van der Waals surface area contributed by atoms with Crippen LogP contribution in [-0.2, 0) is 6.18 Å². The van der Waals surface area contributed by atoms with E-state index in [1.54, 1.807) is 0 Å². The van der Waals surface area contributed by atoms with Crippen molar-refractivity contribution >= 4 is 11.6 Å². The van der Waals surface area contributed by atoms with E-state index in [2.05, 4.69) is 0 Å². The van der Waals surface area contributed by atoms with Crippen LogP contribution in [0.25, 0.3) is 0 Å². The van der Waals surface area contributed by atoms with Gasteiger partial charge in [-0.3, -0.25) is 0 Å². The Bertz CT molecular complexity index is 363. The molecule has 0 aliphatic carbocycles. The number of rotatable bonds is 3. The largest absolute Gasteiger partial charge is 0.417 e. The fourth-order valence-electron chi connectivity index (χ4n) is 1.47. The van der Waals surface area contributed by atoms with Crippen LogP contribution in [0.5, 0.6) is 0 Å². The molecule has 0 aliphatic heterocycles. The van der Waals surface area contributed by atoms with Gasteiger partial charge in [0.05, 0.1) is 10.6 Å². The minimum Gasteiger partial charge on any atom is -0.324 e. The second-order valence-electron chi connectivity index (χ2n) is 3.63. The number of alkyl halides is 3. The van der Waals surface area contributed by atoms with Crippen LogP contribution in [0.2, 0.25) is 5.02 Å². The first-order valence-electron chi connectivity index (χ1n) is 4.98. The van der Waals surface area contributed by atoms with Crippen molar-refractivity contribution < 1.29 is 13.2 Å². The molecular weight excluding hydrogens is 239 g/mol. The Hall–Kier alpha value is -0.740. The van der Waals surface area contributed by atoms with Crippen LogP contribution in [0.1, 0.15) is 36.9 Å². The Morgan fingerprint density at radius 2 is 2.00 bits per heavy atom. The Morgan fingerprint density at radius 1 is 1.38 bits per heavy atom. The molecule has 0 spiro atoms. The average Bonchev–Trinajstić information content (AvgIpc) is 2.16. The Labute approximate surface area is 97.4 Å². The van der Waals surface area contributed by atoms with Crippen LogP contribution in [0.4, 0.5) is 13.2 Å². The minimum absolute atomic E-state index is 0.259. The van der Waals surface area contributed by atoms with Crippen molar-refractivity contribution in [2.24, 2.45) is 5.73 Å². The fourth-order valence-corrected chi connectivity index (χ4v) is 1.77. The van der Waals surface area contributed by atoms with Crippen LogP contribution in [0, 0.1) is 0 Å². The van der Waals surface area contributed by atoms with Crippen molar-refractivity contribution in [3.63, 3.8) is 0 Å². The van der Waals surface area contributed by atoms with Crippen LogP contribution < -0.4 is 5.73 Å². The van der Waals surface area contributed by atoms with Crippen LogP contribution in [-0.4, -0.2) is 0 Å². The molecule has 0 bridgehead atoms. The molecular formula is C11H13ClF3N. The Balaban J connectivity index is 3.00. The third-order valence-corrected chi connectivity index (χ3v) is 2.64. The van der Waals surface area contributed by atoms with E-state index in [-0.39, 0.29) is 11.1 Å². The molecule has 0 aliphatic rings. The quantitative estimate of drug-likeness (QED) is 0.858. The summed E-state index contributed by atoms with van der Waals surface area (Å²) in [4.78, 5) is 0. The SMILES string of the molecule is CCC[C@H](N)c1ccc(C(F)(F)F)c(Cl)c1. The smallest absolute Gasteiger partial charge is 0.324 e. The van der Waals surface area contributed by atoms with Crippen LogP contribution in [0.3, 0.4) is 0 Å². The molecule has 0 fully saturated rings. The van der Waals surface area contributed by atoms with Gasteiger partial charge in [0.15, 0.2) is 0 Å². The number of benzene rings is 1. The highest BCUT2D eigenvalue weighted by Gasteiger charge is 2.33. The van der Waals surface area contributed by atoms with Gasteiger partial charge < -0.3 is 5.73 Å². The summed E-state index contributed by atoms with van der Waals surface area (Å²) in [5, 5.41) is -0.295. The molecule has 0 aromatic heterocycles. The van der Waals surface area contributed by atoms with Gasteiger partial charge in [0.25, 0.3) is 0 Å². The molecule has 90 valence electrons. The van der Waals surface area contributed by atoms with Crippen molar-refractivity contribution in [3.05, 3.63) is 34.3 Å². The maximum absolute atomic E-state index is 12.4. The molecule has 0 unspecified atom stereocenters. The Kier molecular flexibility index (Phi) is 4.21. The monoisotopic (exact) mass is 251 g/mol. The first-order chi connectivity index (χ1) is 7.36. The standard InChI is InChI=1S/C11H13ClF3N/c1-2-3-10(16)7-4-5-8(9(12)6-7)11(13,14)15/h4-6,10H,2-3,16H2,1H3/t10-/m0/s1. The highest BCUT2D eigenvalue weighted by Crippen LogP contribution is 2.35. The summed E-state index contributed by atoms with van der Waals surface area (Å²) in [6.07, 6.45) is -2.81. The van der Waals surface area contributed by atoms with Crippen molar-refractivity contribution in [2.45, 2.75) is 32.0 Å². The lowest BCUT2D eigenvalue weighted by atomic mass is 10.0. The molecule has 1 atom stereocenters. The number of hydrogen-bond donors (Lipinski definition) is 1. The molecule has 2 N–H and O–H groups in total. The lowest BCUT2D eigenvalue weighted by Crippen LogP contribution is -2.11. The zero-order valence-corrected chi connectivity index (χ0v) is 9.57. The molecule has 5 heteroatoms. The average molecular weight is 252 g/mol. The maximum Gasteiger partial charge on any atom is 0.417 e. The van der Waals surface area contributed by atoms with Gasteiger partial charge in [-0.2, -0.15) is 13.2 Å².